The van der Waals surface area contributed by atoms with Crippen LogP contribution in [-0.2, 0) is 18.3 Å². The molecule has 2 aromatic rings. The molecule has 3 N–H and O–H groups in total. The Morgan fingerprint density at radius 1 is 1.33 bits per heavy atom. The molecule has 3 heterocycles. The normalized spacial score (nSPS) is 23.6. The van der Waals surface area contributed by atoms with Gasteiger partial charge in [0.1, 0.15) is 5.82 Å². The molecule has 1 aliphatic rings. The van der Waals surface area contributed by atoms with E-state index < -0.39 is 0 Å². The van der Waals surface area contributed by atoms with Gasteiger partial charge in [0.2, 0.25) is 0 Å². The van der Waals surface area contributed by atoms with Gasteiger partial charge in [-0.15, -0.1) is 0 Å². The van der Waals surface area contributed by atoms with Crippen LogP contribution in [0, 0.1) is 0 Å². The maximum absolute atomic E-state index is 5.75. The van der Waals surface area contributed by atoms with Gasteiger partial charge in [0.05, 0.1) is 30.3 Å². The number of hydrogen-bond acceptors (Lipinski definition) is 7. The van der Waals surface area contributed by atoms with Gasteiger partial charge >= 0.3 is 0 Å². The molecule has 2 aromatic heterocycles. The lowest BCUT2D eigenvalue weighted by Gasteiger charge is -2.34. The van der Waals surface area contributed by atoms with Crippen molar-refractivity contribution in [3.05, 3.63) is 12.0 Å². The van der Waals surface area contributed by atoms with Crippen LogP contribution in [0.2, 0.25) is 0 Å². The first-order valence-corrected chi connectivity index (χ1v) is 7.10. The smallest absolute Gasteiger partial charge is 0.163 e. The molecular weight excluding hydrogens is 270 g/mol. The van der Waals surface area contributed by atoms with Gasteiger partial charge in [0.15, 0.2) is 11.5 Å². The van der Waals surface area contributed by atoms with Crippen LogP contribution in [0.25, 0.3) is 11.0 Å². The highest BCUT2D eigenvalue weighted by Gasteiger charge is 2.23. The molecule has 0 amide bonds. The van der Waals surface area contributed by atoms with Gasteiger partial charge in [-0.25, -0.2) is 15.8 Å². The zero-order valence-electron chi connectivity index (χ0n) is 12.6. The van der Waals surface area contributed by atoms with E-state index in [-0.39, 0.29) is 12.2 Å². The van der Waals surface area contributed by atoms with Crippen molar-refractivity contribution < 1.29 is 4.74 Å². The summed E-state index contributed by atoms with van der Waals surface area (Å²) in [5, 5.41) is 5.03. The quantitative estimate of drug-likeness (QED) is 0.618. The molecule has 0 spiro atoms. The number of hydrazine groups is 1. The van der Waals surface area contributed by atoms with Crippen LogP contribution in [0.3, 0.4) is 0 Å². The number of ether oxygens (including phenoxy) is 1. The lowest BCUT2D eigenvalue weighted by atomic mass is 10.2. The molecule has 8 heteroatoms. The van der Waals surface area contributed by atoms with E-state index in [0.29, 0.717) is 12.4 Å². The van der Waals surface area contributed by atoms with Gasteiger partial charge in [-0.05, 0) is 13.8 Å². The monoisotopic (exact) mass is 291 g/mol. The maximum atomic E-state index is 5.75. The van der Waals surface area contributed by atoms with Crippen LogP contribution in [0.1, 0.15) is 19.7 Å². The summed E-state index contributed by atoms with van der Waals surface area (Å²) in [6.45, 7) is 6.60. The predicted molar refractivity (Wildman–Crippen MR) is 79.4 cm³/mol. The Bertz CT molecular complexity index is 631. The Morgan fingerprint density at radius 2 is 2.05 bits per heavy atom. The SMILES string of the molecule is C[C@@H]1CN(Cc2nc(NN)c3cnn(C)c3n2)C[C@H](C)O1. The van der Waals surface area contributed by atoms with Crippen molar-refractivity contribution in [1.82, 2.24) is 24.6 Å². The molecular formula is C13H21N7O. The van der Waals surface area contributed by atoms with Crippen LogP contribution < -0.4 is 11.3 Å². The minimum absolute atomic E-state index is 0.223. The highest BCUT2D eigenvalue weighted by atomic mass is 16.5. The van der Waals surface area contributed by atoms with Crippen molar-refractivity contribution in [2.75, 3.05) is 18.5 Å². The number of rotatable bonds is 3. The second-order valence-corrected chi connectivity index (χ2v) is 5.59. The molecule has 0 aromatic carbocycles. The average molecular weight is 291 g/mol. The summed E-state index contributed by atoms with van der Waals surface area (Å²) in [7, 11) is 1.86. The lowest BCUT2D eigenvalue weighted by Crippen LogP contribution is -2.45. The maximum Gasteiger partial charge on any atom is 0.163 e. The molecule has 0 saturated carbocycles. The number of nitrogens with two attached hydrogens (primary N) is 1. The first-order chi connectivity index (χ1) is 10.1. The number of nitrogens with one attached hydrogen (secondary N) is 1. The Hall–Kier alpha value is -1.77. The Labute approximate surface area is 123 Å². The molecule has 1 aliphatic heterocycles. The van der Waals surface area contributed by atoms with E-state index in [1.165, 1.54) is 0 Å². The fraction of sp³-hybridized carbons (Fsp3) is 0.615. The first-order valence-electron chi connectivity index (χ1n) is 7.10. The van der Waals surface area contributed by atoms with Crippen molar-refractivity contribution in [1.29, 1.82) is 0 Å². The molecule has 0 unspecified atom stereocenters. The first kappa shape index (κ1) is 14.2. The molecule has 1 saturated heterocycles. The number of aryl methyl sites for hydroxylation is 1. The molecule has 0 bridgehead atoms. The molecule has 3 rings (SSSR count). The van der Waals surface area contributed by atoms with Crippen molar-refractivity contribution in [2.45, 2.75) is 32.6 Å². The largest absolute Gasteiger partial charge is 0.373 e. The van der Waals surface area contributed by atoms with Crippen molar-refractivity contribution in [2.24, 2.45) is 12.9 Å². The Kier molecular flexibility index (Phi) is 3.75. The number of nitrogens with zero attached hydrogens (tertiary/aromatic N) is 5. The van der Waals surface area contributed by atoms with Crippen LogP contribution >= 0.6 is 0 Å². The average Bonchev–Trinajstić information content (AvgIpc) is 2.79. The molecule has 114 valence electrons. The molecule has 0 aliphatic carbocycles. The predicted octanol–water partition coefficient (Wildman–Crippen LogP) is 0.258. The van der Waals surface area contributed by atoms with Gasteiger partial charge in [-0.2, -0.15) is 5.10 Å². The number of anilines is 1. The molecule has 8 nitrogen and oxygen atoms in total. The van der Waals surface area contributed by atoms with Gasteiger partial charge in [-0.1, -0.05) is 0 Å². The molecule has 1 fully saturated rings. The van der Waals surface area contributed by atoms with Crippen molar-refractivity contribution in [3.8, 4) is 0 Å². The third-order valence-corrected chi connectivity index (χ3v) is 3.64. The number of aromatic nitrogens is 4. The fourth-order valence-electron chi connectivity index (χ4n) is 2.86. The summed E-state index contributed by atoms with van der Waals surface area (Å²) in [5.41, 5.74) is 3.41. The van der Waals surface area contributed by atoms with Crippen LogP contribution in [0.5, 0.6) is 0 Å². The molecule has 21 heavy (non-hydrogen) atoms. The van der Waals surface area contributed by atoms with Crippen LogP contribution in [0.4, 0.5) is 5.82 Å². The highest BCUT2D eigenvalue weighted by molar-refractivity contribution is 5.86. The molecule has 2 atom stereocenters. The second kappa shape index (κ2) is 5.55. The third kappa shape index (κ3) is 2.82. The van der Waals surface area contributed by atoms with E-state index in [9.17, 15) is 0 Å². The van der Waals surface area contributed by atoms with E-state index in [1.807, 2.05) is 7.05 Å². The van der Waals surface area contributed by atoms with E-state index in [0.717, 1.165) is 29.9 Å². The fourth-order valence-corrected chi connectivity index (χ4v) is 2.86. The Balaban J connectivity index is 1.88. The summed E-state index contributed by atoms with van der Waals surface area (Å²) >= 11 is 0. The third-order valence-electron chi connectivity index (χ3n) is 3.64. The summed E-state index contributed by atoms with van der Waals surface area (Å²) in [5.74, 6) is 6.91. The second-order valence-electron chi connectivity index (χ2n) is 5.59. The van der Waals surface area contributed by atoms with Crippen LogP contribution in [-0.4, -0.2) is 49.9 Å². The summed E-state index contributed by atoms with van der Waals surface area (Å²) in [6.07, 6.45) is 2.16. The van der Waals surface area contributed by atoms with Gasteiger partial charge < -0.3 is 10.2 Å². The minimum atomic E-state index is 0.223. The van der Waals surface area contributed by atoms with Gasteiger partial charge in [0, 0.05) is 20.1 Å². The lowest BCUT2D eigenvalue weighted by molar-refractivity contribution is -0.0710. The van der Waals surface area contributed by atoms with E-state index >= 15 is 0 Å². The Morgan fingerprint density at radius 3 is 2.71 bits per heavy atom. The number of fused-ring (bicyclic) bond motifs is 1. The topological polar surface area (TPSA) is 94.1 Å². The zero-order chi connectivity index (χ0) is 15.0. The van der Waals surface area contributed by atoms with E-state index in [1.54, 1.807) is 10.9 Å². The summed E-state index contributed by atoms with van der Waals surface area (Å²) in [4.78, 5) is 11.4. The number of hydrogen-bond donors (Lipinski definition) is 2. The standard InChI is InChI=1S/C13H21N7O/c1-8-5-20(6-9(2)21-8)7-11-16-12(18-14)10-4-15-19(3)13(10)17-11/h4,8-9H,5-7,14H2,1-3H3,(H,16,17,18)/t8-,9+. The zero-order valence-corrected chi connectivity index (χ0v) is 12.6. The minimum Gasteiger partial charge on any atom is -0.373 e. The summed E-state index contributed by atoms with van der Waals surface area (Å²) < 4.78 is 7.48. The van der Waals surface area contributed by atoms with Crippen molar-refractivity contribution in [3.63, 3.8) is 0 Å². The highest BCUT2D eigenvalue weighted by Crippen LogP contribution is 2.20. The molecule has 0 radical (unpaired) electrons. The van der Waals surface area contributed by atoms with Crippen molar-refractivity contribution >= 4 is 16.9 Å². The van der Waals surface area contributed by atoms with E-state index in [4.69, 9.17) is 10.6 Å². The number of morpholine rings is 1. The van der Waals surface area contributed by atoms with Gasteiger partial charge in [0.25, 0.3) is 0 Å². The summed E-state index contributed by atoms with van der Waals surface area (Å²) in [6, 6.07) is 0. The van der Waals surface area contributed by atoms with Gasteiger partial charge in [-0.3, -0.25) is 9.58 Å². The van der Waals surface area contributed by atoms with Crippen LogP contribution in [0.15, 0.2) is 6.20 Å². The van der Waals surface area contributed by atoms with E-state index in [2.05, 4.69) is 39.2 Å². The number of nitrogen functional groups attached to an aromatic ring is 1.